The van der Waals surface area contributed by atoms with Gasteiger partial charge in [-0.15, -0.1) is 10.2 Å². The minimum atomic E-state index is -0.886. The van der Waals surface area contributed by atoms with E-state index in [1.807, 2.05) is 0 Å². The molecule has 0 saturated heterocycles. The summed E-state index contributed by atoms with van der Waals surface area (Å²) in [6.45, 7) is 5.69. The molecule has 1 rings (SSSR count). The number of aromatic nitrogens is 2. The molecule has 15 heavy (non-hydrogen) atoms. The first-order valence-corrected chi connectivity index (χ1v) is 5.59. The first kappa shape index (κ1) is 12.0. The Morgan fingerprint density at radius 1 is 1.47 bits per heavy atom. The highest BCUT2D eigenvalue weighted by atomic mass is 32.2. The van der Waals surface area contributed by atoms with E-state index < -0.39 is 11.2 Å². The fourth-order valence-corrected chi connectivity index (χ4v) is 1.55. The molecule has 0 aromatic carbocycles. The average molecular weight is 230 g/mol. The monoisotopic (exact) mass is 230 g/mol. The van der Waals surface area contributed by atoms with Gasteiger partial charge >= 0.3 is 5.97 Å². The number of carbonyl (C=O) groups is 1. The van der Waals surface area contributed by atoms with Crippen LogP contribution in [0, 0.1) is 5.92 Å². The van der Waals surface area contributed by atoms with Gasteiger partial charge in [0.1, 0.15) is 5.25 Å². The van der Waals surface area contributed by atoms with Crippen molar-refractivity contribution in [3.63, 3.8) is 0 Å². The number of thioether (sulfide) groups is 1. The zero-order valence-corrected chi connectivity index (χ0v) is 9.74. The summed E-state index contributed by atoms with van der Waals surface area (Å²) in [5, 5.41) is 16.0. The smallest absolute Gasteiger partial charge is 0.316 e. The fourth-order valence-electron chi connectivity index (χ4n) is 0.919. The number of hydrogen-bond acceptors (Lipinski definition) is 5. The van der Waals surface area contributed by atoms with Crippen LogP contribution < -0.4 is 0 Å². The van der Waals surface area contributed by atoms with Crippen molar-refractivity contribution in [2.75, 3.05) is 0 Å². The highest BCUT2D eigenvalue weighted by Crippen LogP contribution is 2.22. The largest absolute Gasteiger partial charge is 0.480 e. The number of hydrogen-bond donors (Lipinski definition) is 1. The zero-order valence-electron chi connectivity index (χ0n) is 8.93. The number of carboxylic acids is 1. The lowest BCUT2D eigenvalue weighted by Crippen LogP contribution is -2.10. The molecule has 1 aromatic rings. The molecule has 1 atom stereocenters. The molecule has 1 aromatic heterocycles. The molecule has 6 heteroatoms. The molecule has 0 radical (unpaired) electrons. The molecular formula is C9H14N2O3S. The maximum absolute atomic E-state index is 10.6. The summed E-state index contributed by atoms with van der Waals surface area (Å²) in [7, 11) is 0. The fraction of sp³-hybridized carbons (Fsp3) is 0.667. The third-order valence-corrected chi connectivity index (χ3v) is 2.58. The highest BCUT2D eigenvalue weighted by molar-refractivity contribution is 8.00. The number of aliphatic carboxylic acids is 1. The summed E-state index contributed by atoms with van der Waals surface area (Å²) < 4.78 is 5.29. The predicted molar refractivity (Wildman–Crippen MR) is 55.8 cm³/mol. The molecule has 0 aliphatic carbocycles. The third-order valence-electron chi connectivity index (χ3n) is 1.66. The Morgan fingerprint density at radius 2 is 2.13 bits per heavy atom. The summed E-state index contributed by atoms with van der Waals surface area (Å²) in [4.78, 5) is 10.6. The van der Waals surface area contributed by atoms with Crippen LogP contribution in [0.3, 0.4) is 0 Å². The van der Waals surface area contributed by atoms with E-state index >= 15 is 0 Å². The number of nitrogens with zero attached hydrogens (tertiary/aromatic N) is 2. The standard InChI is InChI=1S/C9H14N2O3S/c1-5(2)4-7-10-11-9(14-7)15-6(3)8(12)13/h5-6H,4H2,1-3H3,(H,12,13). The summed E-state index contributed by atoms with van der Waals surface area (Å²) in [6.07, 6.45) is 0.717. The lowest BCUT2D eigenvalue weighted by atomic mass is 10.1. The second-order valence-electron chi connectivity index (χ2n) is 3.66. The quantitative estimate of drug-likeness (QED) is 0.778. The van der Waals surface area contributed by atoms with E-state index in [1.165, 1.54) is 0 Å². The van der Waals surface area contributed by atoms with Gasteiger partial charge in [0.2, 0.25) is 5.89 Å². The number of rotatable bonds is 5. The molecule has 5 nitrogen and oxygen atoms in total. The summed E-state index contributed by atoms with van der Waals surface area (Å²) in [5.41, 5.74) is 0. The Morgan fingerprint density at radius 3 is 2.67 bits per heavy atom. The van der Waals surface area contributed by atoms with Gasteiger partial charge in [0.05, 0.1) is 0 Å². The molecular weight excluding hydrogens is 216 g/mol. The molecule has 0 bridgehead atoms. The summed E-state index contributed by atoms with van der Waals surface area (Å²) in [5.74, 6) is 0.119. The molecule has 0 aliphatic heterocycles. The topological polar surface area (TPSA) is 76.2 Å². The molecule has 1 heterocycles. The molecule has 84 valence electrons. The Balaban J connectivity index is 2.56. The SMILES string of the molecule is CC(C)Cc1nnc(SC(C)C(=O)O)o1. The van der Waals surface area contributed by atoms with Gasteiger partial charge in [0.15, 0.2) is 0 Å². The summed E-state index contributed by atoms with van der Waals surface area (Å²) in [6, 6.07) is 0. The first-order valence-electron chi connectivity index (χ1n) is 4.71. The van der Waals surface area contributed by atoms with Crippen LogP contribution in [0.25, 0.3) is 0 Å². The first-order chi connectivity index (χ1) is 6.99. The van der Waals surface area contributed by atoms with E-state index in [2.05, 4.69) is 24.0 Å². The van der Waals surface area contributed by atoms with Crippen LogP contribution >= 0.6 is 11.8 Å². The minimum Gasteiger partial charge on any atom is -0.480 e. The van der Waals surface area contributed by atoms with Crippen molar-refractivity contribution >= 4 is 17.7 Å². The Labute approximate surface area is 92.3 Å². The van der Waals surface area contributed by atoms with Crippen molar-refractivity contribution in [2.24, 2.45) is 5.92 Å². The van der Waals surface area contributed by atoms with Gasteiger partial charge in [-0.3, -0.25) is 4.79 Å². The van der Waals surface area contributed by atoms with Gasteiger partial charge in [-0.25, -0.2) is 0 Å². The summed E-state index contributed by atoms with van der Waals surface area (Å²) >= 11 is 1.06. The normalized spacial score (nSPS) is 13.1. The zero-order chi connectivity index (χ0) is 11.4. The minimum absolute atomic E-state index is 0.320. The van der Waals surface area contributed by atoms with Gasteiger partial charge < -0.3 is 9.52 Å². The van der Waals surface area contributed by atoms with Crippen molar-refractivity contribution in [1.82, 2.24) is 10.2 Å². The van der Waals surface area contributed by atoms with Crippen molar-refractivity contribution in [3.05, 3.63) is 5.89 Å². The second-order valence-corrected chi connectivity index (χ2v) is 4.95. The molecule has 0 amide bonds. The van der Waals surface area contributed by atoms with Crippen molar-refractivity contribution < 1.29 is 14.3 Å². The Kier molecular flexibility index (Phi) is 4.14. The predicted octanol–water partition coefficient (Wildman–Crippen LogP) is 1.83. The van der Waals surface area contributed by atoms with Gasteiger partial charge in [-0.1, -0.05) is 25.6 Å². The third kappa shape index (κ3) is 3.91. The lowest BCUT2D eigenvalue weighted by Gasteiger charge is -2.00. The van der Waals surface area contributed by atoms with Crippen LogP contribution in [0.4, 0.5) is 0 Å². The maximum atomic E-state index is 10.6. The molecule has 1 unspecified atom stereocenters. The van der Waals surface area contributed by atoms with E-state index in [1.54, 1.807) is 6.92 Å². The van der Waals surface area contributed by atoms with Gasteiger partial charge in [-0.05, 0) is 12.8 Å². The van der Waals surface area contributed by atoms with E-state index in [-0.39, 0.29) is 0 Å². The van der Waals surface area contributed by atoms with Gasteiger partial charge in [-0.2, -0.15) is 0 Å². The van der Waals surface area contributed by atoms with E-state index in [4.69, 9.17) is 9.52 Å². The lowest BCUT2D eigenvalue weighted by molar-refractivity contribution is -0.136. The molecule has 0 fully saturated rings. The van der Waals surface area contributed by atoms with Crippen LogP contribution in [0.2, 0.25) is 0 Å². The second kappa shape index (κ2) is 5.16. The Bertz CT molecular complexity index is 338. The van der Waals surface area contributed by atoms with Crippen LogP contribution in [-0.2, 0) is 11.2 Å². The van der Waals surface area contributed by atoms with Crippen molar-refractivity contribution in [3.8, 4) is 0 Å². The van der Waals surface area contributed by atoms with Crippen molar-refractivity contribution in [1.29, 1.82) is 0 Å². The molecule has 0 aliphatic rings. The number of carboxylic acid groups (broad SMARTS) is 1. The molecule has 0 saturated carbocycles. The molecule has 1 N–H and O–H groups in total. The van der Waals surface area contributed by atoms with Crippen LogP contribution in [0.5, 0.6) is 0 Å². The van der Waals surface area contributed by atoms with E-state index in [0.29, 0.717) is 17.0 Å². The van der Waals surface area contributed by atoms with E-state index in [0.717, 1.165) is 18.2 Å². The highest BCUT2D eigenvalue weighted by Gasteiger charge is 2.17. The van der Waals surface area contributed by atoms with Crippen molar-refractivity contribution in [2.45, 2.75) is 37.7 Å². The van der Waals surface area contributed by atoms with E-state index in [9.17, 15) is 4.79 Å². The van der Waals surface area contributed by atoms with Gasteiger partial charge in [0.25, 0.3) is 5.22 Å². The van der Waals surface area contributed by atoms with Crippen LogP contribution in [0.1, 0.15) is 26.7 Å². The van der Waals surface area contributed by atoms with Gasteiger partial charge in [0, 0.05) is 6.42 Å². The molecule has 0 spiro atoms. The average Bonchev–Trinajstić information content (AvgIpc) is 2.51. The maximum Gasteiger partial charge on any atom is 0.316 e. The van der Waals surface area contributed by atoms with Crippen LogP contribution in [-0.4, -0.2) is 26.5 Å². The Hall–Kier alpha value is -1.04. The van der Waals surface area contributed by atoms with Crippen LogP contribution in [0.15, 0.2) is 9.64 Å².